The van der Waals surface area contributed by atoms with Gasteiger partial charge in [0.15, 0.2) is 0 Å². The fraction of sp³-hybridized carbons (Fsp3) is 0.174. The van der Waals surface area contributed by atoms with Crippen LogP contribution in [0.15, 0.2) is 71.8 Å². The molecule has 0 saturated carbocycles. The van der Waals surface area contributed by atoms with Crippen LogP contribution >= 0.6 is 11.6 Å². The second-order valence-corrected chi connectivity index (χ2v) is 7.43. The van der Waals surface area contributed by atoms with E-state index in [1.807, 2.05) is 53.5 Å². The van der Waals surface area contributed by atoms with Crippen molar-refractivity contribution in [1.82, 2.24) is 5.01 Å². The van der Waals surface area contributed by atoms with Crippen LogP contribution in [0.1, 0.15) is 35.4 Å². The van der Waals surface area contributed by atoms with E-state index < -0.39 is 12.0 Å². The van der Waals surface area contributed by atoms with E-state index in [4.69, 9.17) is 26.2 Å². The number of ether oxygens (including phenoxy) is 2. The molecule has 0 radical (unpaired) electrons. The molecule has 146 valence electrons. The highest BCUT2D eigenvalue weighted by atomic mass is 35.5. The summed E-state index contributed by atoms with van der Waals surface area (Å²) in [5, 5.41) is 6.98. The lowest BCUT2D eigenvalue weighted by molar-refractivity contribution is -0.0211. The van der Waals surface area contributed by atoms with Crippen molar-refractivity contribution in [3.63, 3.8) is 0 Å². The van der Waals surface area contributed by atoms with Crippen LogP contribution in [-0.4, -0.2) is 17.8 Å². The van der Waals surface area contributed by atoms with Crippen molar-refractivity contribution in [2.45, 2.75) is 18.7 Å². The van der Waals surface area contributed by atoms with Crippen molar-refractivity contribution in [3.8, 4) is 11.5 Å². The molecule has 29 heavy (non-hydrogen) atoms. The predicted molar refractivity (Wildman–Crippen MR) is 110 cm³/mol. The van der Waals surface area contributed by atoms with Crippen molar-refractivity contribution >= 4 is 17.3 Å². The largest absolute Gasteiger partial charge is 0.497 e. The zero-order chi connectivity index (χ0) is 20.0. The highest BCUT2D eigenvalue weighted by molar-refractivity contribution is 6.31. The highest BCUT2D eigenvalue weighted by Gasteiger charge is 2.42. The van der Waals surface area contributed by atoms with Crippen molar-refractivity contribution in [1.29, 1.82) is 0 Å². The highest BCUT2D eigenvalue weighted by Crippen LogP contribution is 2.48. The molecule has 2 unspecified atom stereocenters. The first-order valence-corrected chi connectivity index (χ1v) is 9.73. The molecular weight excluding hydrogens is 391 g/mol. The summed E-state index contributed by atoms with van der Waals surface area (Å²) in [6.07, 6.45) is -0.0671. The molecule has 3 aromatic carbocycles. The maximum Gasteiger partial charge on any atom is 0.218 e. The lowest BCUT2D eigenvalue weighted by Gasteiger charge is -2.38. The van der Waals surface area contributed by atoms with Gasteiger partial charge in [0, 0.05) is 17.5 Å². The van der Waals surface area contributed by atoms with E-state index in [9.17, 15) is 4.39 Å². The molecule has 0 saturated heterocycles. The summed E-state index contributed by atoms with van der Waals surface area (Å²) in [5.41, 5.74) is 3.18. The molecule has 2 aliphatic heterocycles. The van der Waals surface area contributed by atoms with Gasteiger partial charge in [-0.1, -0.05) is 48.0 Å². The zero-order valence-electron chi connectivity index (χ0n) is 15.7. The van der Waals surface area contributed by atoms with Crippen LogP contribution in [0.25, 0.3) is 0 Å². The monoisotopic (exact) mass is 408 g/mol. The SMILES string of the molecule is COc1cccc(C2=NN3C(C2)c2ccccc2OC3c2c(F)cccc2Cl)c1. The Kier molecular flexibility index (Phi) is 4.40. The normalized spacial score (nSPS) is 19.8. The number of benzene rings is 3. The van der Waals surface area contributed by atoms with Gasteiger partial charge in [-0.05, 0) is 30.3 Å². The Labute approximate surface area is 173 Å². The Hall–Kier alpha value is -3.05. The molecule has 0 bridgehead atoms. The fourth-order valence-electron chi connectivity index (χ4n) is 3.95. The van der Waals surface area contributed by atoms with Crippen molar-refractivity contribution in [3.05, 3.63) is 94.3 Å². The molecule has 0 aromatic heterocycles. The molecular formula is C23H18ClFN2O2. The van der Waals surface area contributed by atoms with E-state index in [0.29, 0.717) is 17.0 Å². The first kappa shape index (κ1) is 18.0. The average Bonchev–Trinajstić information content (AvgIpc) is 3.20. The van der Waals surface area contributed by atoms with E-state index >= 15 is 0 Å². The number of halogens is 2. The third-order valence-corrected chi connectivity index (χ3v) is 5.68. The van der Waals surface area contributed by atoms with E-state index in [1.54, 1.807) is 19.2 Å². The average molecular weight is 409 g/mol. The number of para-hydroxylation sites is 1. The smallest absolute Gasteiger partial charge is 0.218 e. The summed E-state index contributed by atoms with van der Waals surface area (Å²) in [4.78, 5) is 0. The van der Waals surface area contributed by atoms with Crippen LogP contribution < -0.4 is 9.47 Å². The predicted octanol–water partition coefficient (Wildman–Crippen LogP) is 5.73. The third kappa shape index (κ3) is 3.02. The van der Waals surface area contributed by atoms with Crippen LogP contribution in [0, 0.1) is 5.82 Å². The minimum Gasteiger partial charge on any atom is -0.497 e. The number of hydrogen-bond acceptors (Lipinski definition) is 4. The molecule has 0 aliphatic carbocycles. The molecule has 3 aromatic rings. The zero-order valence-corrected chi connectivity index (χ0v) is 16.4. The first-order chi connectivity index (χ1) is 14.2. The van der Waals surface area contributed by atoms with Gasteiger partial charge in [-0.2, -0.15) is 5.10 Å². The lowest BCUT2D eigenvalue weighted by Crippen LogP contribution is -2.34. The first-order valence-electron chi connectivity index (χ1n) is 9.35. The number of methoxy groups -OCH3 is 1. The van der Waals surface area contributed by atoms with Gasteiger partial charge in [-0.25, -0.2) is 9.40 Å². The third-order valence-electron chi connectivity index (χ3n) is 5.35. The second-order valence-electron chi connectivity index (χ2n) is 7.02. The second kappa shape index (κ2) is 7.08. The van der Waals surface area contributed by atoms with E-state index in [0.717, 1.165) is 28.3 Å². The summed E-state index contributed by atoms with van der Waals surface area (Å²) in [7, 11) is 1.64. The maximum atomic E-state index is 14.7. The molecule has 0 amide bonds. The molecule has 0 fully saturated rings. The molecule has 2 aliphatic rings. The Balaban J connectivity index is 1.63. The van der Waals surface area contributed by atoms with Gasteiger partial charge in [0.1, 0.15) is 17.3 Å². The summed E-state index contributed by atoms with van der Waals surface area (Å²) in [5.74, 6) is 1.08. The molecule has 0 spiro atoms. The molecule has 0 N–H and O–H groups in total. The fourth-order valence-corrected chi connectivity index (χ4v) is 4.20. The number of fused-ring (bicyclic) bond motifs is 3. The van der Waals surface area contributed by atoms with Crippen molar-refractivity contribution < 1.29 is 13.9 Å². The maximum absolute atomic E-state index is 14.7. The summed E-state index contributed by atoms with van der Waals surface area (Å²) in [6.45, 7) is 0. The van der Waals surface area contributed by atoms with Gasteiger partial charge >= 0.3 is 0 Å². The van der Waals surface area contributed by atoms with Crippen LogP contribution in [0.3, 0.4) is 0 Å². The van der Waals surface area contributed by atoms with E-state index in [1.165, 1.54) is 6.07 Å². The van der Waals surface area contributed by atoms with Crippen molar-refractivity contribution in [2.75, 3.05) is 7.11 Å². The Morgan fingerprint density at radius 3 is 2.76 bits per heavy atom. The molecule has 2 atom stereocenters. The van der Waals surface area contributed by atoms with Crippen molar-refractivity contribution in [2.24, 2.45) is 5.10 Å². The lowest BCUT2D eigenvalue weighted by atomic mass is 9.96. The Morgan fingerprint density at radius 2 is 1.93 bits per heavy atom. The van der Waals surface area contributed by atoms with Gasteiger partial charge < -0.3 is 9.47 Å². The number of nitrogens with zero attached hydrogens (tertiary/aromatic N) is 2. The minimum absolute atomic E-state index is 0.0678. The number of rotatable bonds is 3. The van der Waals surface area contributed by atoms with Gasteiger partial charge in [0.05, 0.1) is 29.4 Å². The standard InChI is InChI=1S/C23H18ClFN2O2/c1-28-15-7-4-6-14(12-15)19-13-20-16-8-2-3-11-21(16)29-23(27(20)26-19)22-17(24)9-5-10-18(22)25/h2-12,20,23H,13H2,1H3. The molecule has 2 heterocycles. The van der Waals surface area contributed by atoms with Gasteiger partial charge in [-0.3, -0.25) is 0 Å². The summed E-state index contributed by atoms with van der Waals surface area (Å²) in [6, 6.07) is 20.2. The quantitative estimate of drug-likeness (QED) is 0.555. The molecule has 6 heteroatoms. The van der Waals surface area contributed by atoms with Gasteiger partial charge in [0.2, 0.25) is 6.23 Å². The number of hydrogen-bond donors (Lipinski definition) is 0. The van der Waals surface area contributed by atoms with Gasteiger partial charge in [0.25, 0.3) is 0 Å². The van der Waals surface area contributed by atoms with Crippen LogP contribution in [0.2, 0.25) is 5.02 Å². The van der Waals surface area contributed by atoms with Crippen LogP contribution in [-0.2, 0) is 0 Å². The van der Waals surface area contributed by atoms with Crippen LogP contribution in [0.4, 0.5) is 4.39 Å². The molecule has 4 nitrogen and oxygen atoms in total. The van der Waals surface area contributed by atoms with E-state index in [-0.39, 0.29) is 6.04 Å². The topological polar surface area (TPSA) is 34.1 Å². The number of hydrazone groups is 1. The van der Waals surface area contributed by atoms with Gasteiger partial charge in [-0.15, -0.1) is 0 Å². The summed E-state index contributed by atoms with van der Waals surface area (Å²) >= 11 is 6.36. The molecule has 5 rings (SSSR count). The Morgan fingerprint density at radius 1 is 1.10 bits per heavy atom. The van der Waals surface area contributed by atoms with Crippen LogP contribution in [0.5, 0.6) is 11.5 Å². The Bertz CT molecular complexity index is 1100. The van der Waals surface area contributed by atoms with E-state index in [2.05, 4.69) is 0 Å². The summed E-state index contributed by atoms with van der Waals surface area (Å²) < 4.78 is 26.3. The minimum atomic E-state index is -0.744.